The van der Waals surface area contributed by atoms with Gasteiger partial charge in [-0.2, -0.15) is 0 Å². The van der Waals surface area contributed by atoms with E-state index in [0.29, 0.717) is 6.04 Å². The number of hydrogen-bond donors (Lipinski definition) is 1. The van der Waals surface area contributed by atoms with Crippen LogP contribution >= 0.6 is 0 Å². The molecule has 1 fully saturated rings. The summed E-state index contributed by atoms with van der Waals surface area (Å²) in [6.45, 7) is 9.21. The van der Waals surface area contributed by atoms with Gasteiger partial charge in [-0.25, -0.2) is 4.39 Å². The van der Waals surface area contributed by atoms with Gasteiger partial charge in [0.05, 0.1) is 0 Å². The molecule has 1 saturated heterocycles. The van der Waals surface area contributed by atoms with Gasteiger partial charge in [-0.15, -0.1) is 0 Å². The Hall–Kier alpha value is -0.930. The summed E-state index contributed by atoms with van der Waals surface area (Å²) in [6, 6.07) is 6.38. The molecule has 0 spiro atoms. The predicted octanol–water partition coefficient (Wildman–Crippen LogP) is 2.49. The number of rotatable bonds is 2. The predicted molar refractivity (Wildman–Crippen MR) is 68.6 cm³/mol. The van der Waals surface area contributed by atoms with Crippen LogP contribution in [0.25, 0.3) is 0 Å². The summed E-state index contributed by atoms with van der Waals surface area (Å²) >= 11 is 0. The molecule has 0 saturated carbocycles. The van der Waals surface area contributed by atoms with E-state index in [4.69, 9.17) is 0 Å². The van der Waals surface area contributed by atoms with Crippen molar-refractivity contribution in [1.29, 1.82) is 0 Å². The number of nitrogens with one attached hydrogen (secondary N) is 1. The fourth-order valence-electron chi connectivity index (χ4n) is 2.39. The summed E-state index contributed by atoms with van der Waals surface area (Å²) in [5.74, 6) is -0.0995. The van der Waals surface area contributed by atoms with Crippen LogP contribution in [0.15, 0.2) is 18.2 Å². The lowest BCUT2D eigenvalue weighted by Gasteiger charge is -2.36. The summed E-state index contributed by atoms with van der Waals surface area (Å²) in [4.78, 5) is 2.41. The van der Waals surface area contributed by atoms with E-state index in [2.05, 4.69) is 24.1 Å². The van der Waals surface area contributed by atoms with Gasteiger partial charge in [0.1, 0.15) is 5.82 Å². The zero-order valence-corrected chi connectivity index (χ0v) is 10.8. The van der Waals surface area contributed by atoms with Crippen LogP contribution in [0.1, 0.15) is 31.0 Å². The summed E-state index contributed by atoms with van der Waals surface area (Å²) < 4.78 is 13.6. The van der Waals surface area contributed by atoms with E-state index >= 15 is 0 Å². The maximum atomic E-state index is 13.6. The highest BCUT2D eigenvalue weighted by Crippen LogP contribution is 2.23. The molecule has 2 atom stereocenters. The van der Waals surface area contributed by atoms with Crippen molar-refractivity contribution in [3.63, 3.8) is 0 Å². The summed E-state index contributed by atoms with van der Waals surface area (Å²) in [6.07, 6.45) is 0. The molecule has 94 valence electrons. The molecule has 1 heterocycles. The highest BCUT2D eigenvalue weighted by atomic mass is 19.1. The van der Waals surface area contributed by atoms with Crippen LogP contribution in [0.4, 0.5) is 4.39 Å². The fourth-order valence-corrected chi connectivity index (χ4v) is 2.39. The fraction of sp³-hybridized carbons (Fsp3) is 0.571. The zero-order valence-electron chi connectivity index (χ0n) is 10.8. The van der Waals surface area contributed by atoms with Crippen molar-refractivity contribution in [2.75, 3.05) is 19.6 Å². The SMILES string of the molecule is Cc1ccc(C(C)N2CCNC(C)C2)cc1F. The highest BCUT2D eigenvalue weighted by molar-refractivity contribution is 5.25. The minimum atomic E-state index is -0.0995. The molecule has 1 aromatic carbocycles. The average Bonchev–Trinajstić information content (AvgIpc) is 2.32. The first-order chi connectivity index (χ1) is 8.08. The van der Waals surface area contributed by atoms with Crippen molar-refractivity contribution in [3.8, 4) is 0 Å². The molecule has 0 aromatic heterocycles. The van der Waals surface area contributed by atoms with Gasteiger partial charge < -0.3 is 5.32 Å². The van der Waals surface area contributed by atoms with E-state index < -0.39 is 0 Å². The van der Waals surface area contributed by atoms with Crippen LogP contribution in [-0.4, -0.2) is 30.6 Å². The monoisotopic (exact) mass is 236 g/mol. The van der Waals surface area contributed by atoms with Crippen LogP contribution < -0.4 is 5.32 Å². The molecular weight excluding hydrogens is 215 g/mol. The molecule has 3 heteroatoms. The van der Waals surface area contributed by atoms with Crippen molar-refractivity contribution in [2.45, 2.75) is 32.9 Å². The Labute approximate surface area is 103 Å². The van der Waals surface area contributed by atoms with E-state index in [9.17, 15) is 4.39 Å². The second-order valence-corrected chi connectivity index (χ2v) is 5.03. The van der Waals surface area contributed by atoms with Crippen molar-refractivity contribution >= 4 is 0 Å². The number of piperazine rings is 1. The van der Waals surface area contributed by atoms with Gasteiger partial charge in [0.25, 0.3) is 0 Å². The minimum absolute atomic E-state index is 0.0995. The first-order valence-electron chi connectivity index (χ1n) is 6.31. The lowest BCUT2D eigenvalue weighted by atomic mass is 10.0. The molecule has 1 aromatic rings. The first-order valence-corrected chi connectivity index (χ1v) is 6.31. The largest absolute Gasteiger partial charge is 0.312 e. The third-order valence-corrected chi connectivity index (χ3v) is 3.63. The van der Waals surface area contributed by atoms with E-state index in [0.717, 1.165) is 30.8 Å². The van der Waals surface area contributed by atoms with Gasteiger partial charge in [-0.1, -0.05) is 12.1 Å². The zero-order chi connectivity index (χ0) is 12.4. The Bertz CT molecular complexity index is 392. The minimum Gasteiger partial charge on any atom is -0.312 e. The number of halogens is 1. The maximum absolute atomic E-state index is 13.6. The molecule has 2 rings (SSSR count). The van der Waals surface area contributed by atoms with Crippen LogP contribution in [0.2, 0.25) is 0 Å². The molecule has 0 aliphatic carbocycles. The van der Waals surface area contributed by atoms with Gasteiger partial charge in [0.15, 0.2) is 0 Å². The van der Waals surface area contributed by atoms with Gasteiger partial charge >= 0.3 is 0 Å². The molecule has 0 bridgehead atoms. The molecule has 0 amide bonds. The number of nitrogens with zero attached hydrogens (tertiary/aromatic N) is 1. The van der Waals surface area contributed by atoms with Crippen molar-refractivity contribution in [2.24, 2.45) is 0 Å². The standard InChI is InChI=1S/C14H21FN2/c1-10-4-5-13(8-14(10)15)12(3)17-7-6-16-11(2)9-17/h4-5,8,11-12,16H,6-7,9H2,1-3H3. The van der Waals surface area contributed by atoms with Gasteiger partial charge in [-0.05, 0) is 38.0 Å². The van der Waals surface area contributed by atoms with E-state index in [1.54, 1.807) is 13.0 Å². The number of benzene rings is 1. The van der Waals surface area contributed by atoms with Crippen molar-refractivity contribution in [1.82, 2.24) is 10.2 Å². The molecule has 1 aliphatic rings. The molecule has 2 unspecified atom stereocenters. The van der Waals surface area contributed by atoms with Crippen LogP contribution in [0, 0.1) is 12.7 Å². The van der Waals surface area contributed by atoms with Gasteiger partial charge in [-0.3, -0.25) is 4.90 Å². The molecule has 17 heavy (non-hydrogen) atoms. The molecular formula is C14H21FN2. The Kier molecular flexibility index (Phi) is 3.79. The Morgan fingerprint density at radius 2 is 2.24 bits per heavy atom. The lowest BCUT2D eigenvalue weighted by Crippen LogP contribution is -2.49. The maximum Gasteiger partial charge on any atom is 0.126 e. The molecule has 0 radical (unpaired) electrons. The molecule has 2 nitrogen and oxygen atoms in total. The second-order valence-electron chi connectivity index (χ2n) is 5.03. The van der Waals surface area contributed by atoms with Crippen LogP contribution in [-0.2, 0) is 0 Å². The summed E-state index contributed by atoms with van der Waals surface area (Å²) in [5, 5.41) is 3.42. The molecule has 1 aliphatic heterocycles. The van der Waals surface area contributed by atoms with Gasteiger partial charge in [0.2, 0.25) is 0 Å². The third-order valence-electron chi connectivity index (χ3n) is 3.63. The highest BCUT2D eigenvalue weighted by Gasteiger charge is 2.21. The van der Waals surface area contributed by atoms with Gasteiger partial charge in [0, 0.05) is 31.7 Å². The summed E-state index contributed by atoms with van der Waals surface area (Å²) in [7, 11) is 0. The van der Waals surface area contributed by atoms with E-state index in [-0.39, 0.29) is 11.9 Å². The number of aryl methyl sites for hydroxylation is 1. The average molecular weight is 236 g/mol. The first kappa shape index (κ1) is 12.5. The Morgan fingerprint density at radius 3 is 2.88 bits per heavy atom. The Morgan fingerprint density at radius 1 is 1.47 bits per heavy atom. The second kappa shape index (κ2) is 5.15. The van der Waals surface area contributed by atoms with Crippen LogP contribution in [0.3, 0.4) is 0 Å². The van der Waals surface area contributed by atoms with Crippen LogP contribution in [0.5, 0.6) is 0 Å². The smallest absolute Gasteiger partial charge is 0.126 e. The van der Waals surface area contributed by atoms with E-state index in [1.165, 1.54) is 0 Å². The normalized spacial score (nSPS) is 23.6. The Balaban J connectivity index is 2.12. The molecule has 1 N–H and O–H groups in total. The summed E-state index contributed by atoms with van der Waals surface area (Å²) in [5.41, 5.74) is 1.79. The topological polar surface area (TPSA) is 15.3 Å². The van der Waals surface area contributed by atoms with Crippen molar-refractivity contribution < 1.29 is 4.39 Å². The number of hydrogen-bond acceptors (Lipinski definition) is 2. The lowest BCUT2D eigenvalue weighted by molar-refractivity contribution is 0.158. The van der Waals surface area contributed by atoms with Crippen molar-refractivity contribution in [3.05, 3.63) is 35.1 Å². The quantitative estimate of drug-likeness (QED) is 0.848. The van der Waals surface area contributed by atoms with E-state index in [1.807, 2.05) is 12.1 Å². The third kappa shape index (κ3) is 2.85.